The van der Waals surface area contributed by atoms with E-state index in [0.717, 1.165) is 0 Å². The molecule has 0 saturated carbocycles. The number of ether oxygens (including phenoxy) is 3. The summed E-state index contributed by atoms with van der Waals surface area (Å²) in [6.07, 6.45) is -22.1. The van der Waals surface area contributed by atoms with Crippen LogP contribution in [0.2, 0.25) is 0 Å². The first-order valence-corrected chi connectivity index (χ1v) is 4.90. The second-order valence-corrected chi connectivity index (χ2v) is 3.52. The van der Waals surface area contributed by atoms with Crippen molar-refractivity contribution in [2.24, 2.45) is 0 Å². The van der Waals surface area contributed by atoms with Crippen molar-refractivity contribution in [3.05, 3.63) is 0 Å². The normalized spacial score (nSPS) is 13.7. The van der Waals surface area contributed by atoms with E-state index in [1.807, 2.05) is 0 Å². The number of alkyl halides is 10. The molecule has 0 aromatic carbocycles. The Morgan fingerprint density at radius 3 is 1.09 bits per heavy atom. The van der Waals surface area contributed by atoms with Gasteiger partial charge < -0.3 is 9.47 Å². The lowest BCUT2D eigenvalue weighted by molar-refractivity contribution is -0.357. The Labute approximate surface area is 119 Å². The van der Waals surface area contributed by atoms with Crippen LogP contribution in [-0.2, 0) is 23.8 Å². The van der Waals surface area contributed by atoms with Gasteiger partial charge in [0.1, 0.15) is 0 Å². The summed E-state index contributed by atoms with van der Waals surface area (Å²) in [5.41, 5.74) is 0. The fourth-order valence-corrected chi connectivity index (χ4v) is 0.707. The standard InChI is InChI=1S/C8H4F10O5/c9-5(10,11)1-21-3(19)7(15,16)23-8(17,18)4(20)22-2-6(12,13)14/h1-2H2. The van der Waals surface area contributed by atoms with Crippen LogP contribution >= 0.6 is 0 Å². The monoisotopic (exact) mass is 370 g/mol. The molecule has 0 aliphatic rings. The number of rotatable bonds is 6. The van der Waals surface area contributed by atoms with Crippen LogP contribution in [0, 0.1) is 0 Å². The van der Waals surface area contributed by atoms with Crippen LogP contribution in [-0.4, -0.2) is 49.7 Å². The first kappa shape index (κ1) is 21.2. The molecule has 0 aromatic heterocycles. The van der Waals surface area contributed by atoms with Crippen molar-refractivity contribution in [2.75, 3.05) is 13.2 Å². The summed E-state index contributed by atoms with van der Waals surface area (Å²) in [7, 11) is 0. The Kier molecular flexibility index (Phi) is 6.23. The second kappa shape index (κ2) is 6.76. The van der Waals surface area contributed by atoms with E-state index in [1.165, 1.54) is 0 Å². The van der Waals surface area contributed by atoms with E-state index in [1.54, 1.807) is 0 Å². The SMILES string of the molecule is O=C(OCC(F)(F)F)C(F)(F)OC(F)(F)C(=O)OCC(F)(F)F. The van der Waals surface area contributed by atoms with Gasteiger partial charge in [-0.25, -0.2) is 14.3 Å². The quantitative estimate of drug-likeness (QED) is 0.531. The molecule has 0 unspecified atom stereocenters. The molecular weight excluding hydrogens is 366 g/mol. The summed E-state index contributed by atoms with van der Waals surface area (Å²) >= 11 is 0. The molecule has 23 heavy (non-hydrogen) atoms. The molecule has 0 spiro atoms. The molecule has 0 aliphatic heterocycles. The number of carbonyl (C=O) groups is 2. The summed E-state index contributed by atoms with van der Waals surface area (Å²) in [6.45, 7) is -5.18. The van der Waals surface area contributed by atoms with Crippen molar-refractivity contribution in [1.82, 2.24) is 0 Å². The zero-order chi connectivity index (χ0) is 18.7. The lowest BCUT2D eigenvalue weighted by Gasteiger charge is -2.21. The van der Waals surface area contributed by atoms with Gasteiger partial charge in [0.05, 0.1) is 0 Å². The lowest BCUT2D eigenvalue weighted by atomic mass is 10.5. The zero-order valence-electron chi connectivity index (χ0n) is 10.2. The Hall–Kier alpha value is -1.80. The third-order valence-electron chi connectivity index (χ3n) is 1.47. The van der Waals surface area contributed by atoms with Gasteiger partial charge in [0.2, 0.25) is 0 Å². The number of hydrogen-bond donors (Lipinski definition) is 0. The summed E-state index contributed by atoms with van der Waals surface area (Å²) < 4.78 is 129. The molecule has 15 heteroatoms. The highest BCUT2D eigenvalue weighted by molar-refractivity contribution is 5.79. The third kappa shape index (κ3) is 8.41. The number of carbonyl (C=O) groups excluding carboxylic acids is 2. The van der Waals surface area contributed by atoms with Crippen molar-refractivity contribution < 1.29 is 67.7 Å². The van der Waals surface area contributed by atoms with Crippen molar-refractivity contribution in [3.8, 4) is 0 Å². The molecule has 5 nitrogen and oxygen atoms in total. The molecule has 0 N–H and O–H groups in total. The Balaban J connectivity index is 4.78. The Bertz CT molecular complexity index is 400. The van der Waals surface area contributed by atoms with Gasteiger partial charge in [-0.05, 0) is 0 Å². The van der Waals surface area contributed by atoms with Gasteiger partial charge in [0.25, 0.3) is 0 Å². The summed E-state index contributed by atoms with van der Waals surface area (Å²) in [4.78, 5) is 20.9. The number of esters is 2. The van der Waals surface area contributed by atoms with Gasteiger partial charge in [0.15, 0.2) is 13.2 Å². The van der Waals surface area contributed by atoms with E-state index >= 15 is 0 Å². The zero-order valence-corrected chi connectivity index (χ0v) is 10.2. The van der Waals surface area contributed by atoms with Gasteiger partial charge in [-0.2, -0.15) is 43.9 Å². The largest absolute Gasteiger partial charge is 0.461 e. The maximum absolute atomic E-state index is 12.7. The first-order valence-electron chi connectivity index (χ1n) is 4.90. The predicted octanol–water partition coefficient (Wildman–Crippen LogP) is 2.40. The topological polar surface area (TPSA) is 61.8 Å². The van der Waals surface area contributed by atoms with E-state index < -0.39 is 49.7 Å². The van der Waals surface area contributed by atoms with Crippen LogP contribution in [0.3, 0.4) is 0 Å². The first-order chi connectivity index (χ1) is 9.96. The average molecular weight is 370 g/mol. The van der Waals surface area contributed by atoms with Crippen molar-refractivity contribution in [1.29, 1.82) is 0 Å². The van der Waals surface area contributed by atoms with Crippen LogP contribution in [0.15, 0.2) is 0 Å². The summed E-state index contributed by atoms with van der Waals surface area (Å²) in [6, 6.07) is 0. The van der Waals surface area contributed by atoms with Gasteiger partial charge in [-0.1, -0.05) is 0 Å². The van der Waals surface area contributed by atoms with Gasteiger partial charge in [-0.15, -0.1) is 0 Å². The molecule has 0 heterocycles. The van der Waals surface area contributed by atoms with Gasteiger partial charge in [0, 0.05) is 0 Å². The van der Waals surface area contributed by atoms with Gasteiger partial charge >= 0.3 is 36.5 Å². The van der Waals surface area contributed by atoms with Crippen molar-refractivity contribution in [2.45, 2.75) is 24.6 Å². The van der Waals surface area contributed by atoms with E-state index in [-0.39, 0.29) is 0 Å². The molecule has 0 fully saturated rings. The molecule has 0 rings (SSSR count). The molecule has 136 valence electrons. The highest BCUT2D eigenvalue weighted by atomic mass is 19.4. The molecule has 0 amide bonds. The molecular formula is C8H4F10O5. The lowest BCUT2D eigenvalue weighted by Crippen LogP contribution is -2.46. The maximum Gasteiger partial charge on any atom is 0.461 e. The third-order valence-corrected chi connectivity index (χ3v) is 1.47. The van der Waals surface area contributed by atoms with Crippen LogP contribution < -0.4 is 0 Å². The molecule has 0 aliphatic carbocycles. The van der Waals surface area contributed by atoms with Crippen LogP contribution in [0.4, 0.5) is 43.9 Å². The van der Waals surface area contributed by atoms with Crippen LogP contribution in [0.1, 0.15) is 0 Å². The van der Waals surface area contributed by atoms with E-state index in [4.69, 9.17) is 0 Å². The Morgan fingerprint density at radius 1 is 0.609 bits per heavy atom. The smallest absolute Gasteiger partial charge is 0.450 e. The highest BCUT2D eigenvalue weighted by Crippen LogP contribution is 2.30. The maximum atomic E-state index is 12.7. The minimum Gasteiger partial charge on any atom is -0.450 e. The predicted molar refractivity (Wildman–Crippen MR) is 45.0 cm³/mol. The van der Waals surface area contributed by atoms with E-state index in [2.05, 4.69) is 14.2 Å². The minimum atomic E-state index is -5.77. The summed E-state index contributed by atoms with van der Waals surface area (Å²) in [5, 5.41) is 0. The molecule has 0 bridgehead atoms. The fraction of sp³-hybridized carbons (Fsp3) is 0.750. The van der Waals surface area contributed by atoms with Crippen LogP contribution in [0.5, 0.6) is 0 Å². The average Bonchev–Trinajstić information content (AvgIpc) is 2.29. The van der Waals surface area contributed by atoms with Crippen molar-refractivity contribution >= 4 is 11.9 Å². The van der Waals surface area contributed by atoms with E-state index in [0.29, 0.717) is 0 Å². The van der Waals surface area contributed by atoms with E-state index in [9.17, 15) is 53.5 Å². The van der Waals surface area contributed by atoms with Crippen LogP contribution in [0.25, 0.3) is 0 Å². The fourth-order valence-electron chi connectivity index (χ4n) is 0.707. The summed E-state index contributed by atoms with van der Waals surface area (Å²) in [5.74, 6) is -6.50. The molecule has 0 atom stereocenters. The highest BCUT2D eigenvalue weighted by Gasteiger charge is 2.57. The van der Waals surface area contributed by atoms with Crippen molar-refractivity contribution in [3.63, 3.8) is 0 Å². The molecule has 0 radical (unpaired) electrons. The Morgan fingerprint density at radius 2 is 0.870 bits per heavy atom. The molecule has 0 aromatic rings. The number of halogens is 10. The van der Waals surface area contributed by atoms with Gasteiger partial charge in [-0.3, -0.25) is 0 Å². The minimum absolute atomic E-state index is 2.33. The number of hydrogen-bond acceptors (Lipinski definition) is 5. The second-order valence-electron chi connectivity index (χ2n) is 3.52. The molecule has 0 saturated heterocycles.